The molecule has 1 aliphatic rings. The molecule has 5 heteroatoms. The highest BCUT2D eigenvalue weighted by atomic mass is 15.4. The number of hydrogen-bond acceptors (Lipinski definition) is 4. The van der Waals surface area contributed by atoms with Crippen LogP contribution in [-0.4, -0.2) is 25.8 Å². The van der Waals surface area contributed by atoms with E-state index < -0.39 is 0 Å². The number of aryl methyl sites for hydroxylation is 1. The van der Waals surface area contributed by atoms with Crippen LogP contribution in [0, 0.1) is 0 Å². The summed E-state index contributed by atoms with van der Waals surface area (Å²) in [6.45, 7) is 3.07. The van der Waals surface area contributed by atoms with E-state index in [0.29, 0.717) is 11.9 Å². The molecule has 1 aliphatic heterocycles. The zero-order chi connectivity index (χ0) is 11.0. The van der Waals surface area contributed by atoms with Crippen molar-refractivity contribution >= 4 is 5.95 Å². The molecule has 5 nitrogen and oxygen atoms in total. The molecule has 3 heterocycles. The molecule has 2 aromatic heterocycles. The van der Waals surface area contributed by atoms with Gasteiger partial charge in [0, 0.05) is 18.8 Å². The van der Waals surface area contributed by atoms with Crippen LogP contribution in [0.2, 0.25) is 0 Å². The van der Waals surface area contributed by atoms with Crippen LogP contribution in [0.3, 0.4) is 0 Å². The van der Waals surface area contributed by atoms with Crippen molar-refractivity contribution < 1.29 is 0 Å². The highest BCUT2D eigenvalue weighted by Gasteiger charge is 2.18. The molecule has 0 aliphatic carbocycles. The maximum atomic E-state index is 4.45. The SMILES string of the molecule is CC1CCn2nc(-c3ccccn3)nc2N1. The Labute approximate surface area is 93.5 Å². The third-order valence-corrected chi connectivity index (χ3v) is 2.72. The van der Waals surface area contributed by atoms with E-state index in [1.165, 1.54) is 0 Å². The summed E-state index contributed by atoms with van der Waals surface area (Å²) in [7, 11) is 0. The van der Waals surface area contributed by atoms with E-state index in [2.05, 4.69) is 27.3 Å². The van der Waals surface area contributed by atoms with Gasteiger partial charge >= 0.3 is 0 Å². The molecule has 2 aromatic rings. The zero-order valence-corrected chi connectivity index (χ0v) is 9.09. The van der Waals surface area contributed by atoms with Gasteiger partial charge in [0.1, 0.15) is 5.69 Å². The van der Waals surface area contributed by atoms with E-state index in [0.717, 1.165) is 24.6 Å². The van der Waals surface area contributed by atoms with Gasteiger partial charge in [-0.25, -0.2) is 4.68 Å². The first-order valence-electron chi connectivity index (χ1n) is 5.46. The highest BCUT2D eigenvalue weighted by molar-refractivity contribution is 5.51. The molecule has 16 heavy (non-hydrogen) atoms. The summed E-state index contributed by atoms with van der Waals surface area (Å²) in [6, 6.07) is 6.22. The number of pyridine rings is 1. The Kier molecular flexibility index (Phi) is 2.09. The highest BCUT2D eigenvalue weighted by Crippen LogP contribution is 2.19. The van der Waals surface area contributed by atoms with Crippen molar-refractivity contribution in [3.63, 3.8) is 0 Å². The predicted molar refractivity (Wildman–Crippen MR) is 61.0 cm³/mol. The summed E-state index contributed by atoms with van der Waals surface area (Å²) >= 11 is 0. The lowest BCUT2D eigenvalue weighted by Crippen LogP contribution is -2.26. The van der Waals surface area contributed by atoms with Crippen LogP contribution in [0.25, 0.3) is 11.5 Å². The lowest BCUT2D eigenvalue weighted by molar-refractivity contribution is 0.510. The second kappa shape index (κ2) is 3.59. The Morgan fingerprint density at radius 2 is 2.38 bits per heavy atom. The number of rotatable bonds is 1. The second-order valence-electron chi connectivity index (χ2n) is 4.03. The van der Waals surface area contributed by atoms with Gasteiger partial charge in [-0.2, -0.15) is 4.98 Å². The minimum atomic E-state index is 0.466. The predicted octanol–water partition coefficient (Wildman–Crippen LogP) is 1.54. The third-order valence-electron chi connectivity index (χ3n) is 2.72. The van der Waals surface area contributed by atoms with Gasteiger partial charge in [-0.3, -0.25) is 4.98 Å². The summed E-state index contributed by atoms with van der Waals surface area (Å²) < 4.78 is 1.91. The zero-order valence-electron chi connectivity index (χ0n) is 9.09. The van der Waals surface area contributed by atoms with Crippen molar-refractivity contribution in [1.29, 1.82) is 0 Å². The van der Waals surface area contributed by atoms with Gasteiger partial charge in [-0.05, 0) is 25.5 Å². The van der Waals surface area contributed by atoms with Crippen LogP contribution in [0.1, 0.15) is 13.3 Å². The summed E-state index contributed by atoms with van der Waals surface area (Å²) in [6.07, 6.45) is 2.84. The Morgan fingerprint density at radius 1 is 1.44 bits per heavy atom. The summed E-state index contributed by atoms with van der Waals surface area (Å²) in [5.74, 6) is 1.54. The number of nitrogens with one attached hydrogen (secondary N) is 1. The van der Waals surface area contributed by atoms with Gasteiger partial charge in [0.05, 0.1) is 0 Å². The summed E-state index contributed by atoms with van der Waals surface area (Å²) in [4.78, 5) is 8.70. The van der Waals surface area contributed by atoms with Crippen molar-refractivity contribution in [2.75, 3.05) is 5.32 Å². The molecule has 0 fully saturated rings. The summed E-state index contributed by atoms with van der Waals surface area (Å²) in [5.41, 5.74) is 0.818. The van der Waals surface area contributed by atoms with Crippen LogP contribution in [0.5, 0.6) is 0 Å². The minimum Gasteiger partial charge on any atom is -0.352 e. The summed E-state index contributed by atoms with van der Waals surface area (Å²) in [5, 5.41) is 7.75. The minimum absolute atomic E-state index is 0.466. The topological polar surface area (TPSA) is 55.6 Å². The number of anilines is 1. The fourth-order valence-electron chi connectivity index (χ4n) is 1.82. The second-order valence-corrected chi connectivity index (χ2v) is 4.03. The Bertz CT molecular complexity index is 490. The molecule has 0 saturated heterocycles. The molecule has 0 spiro atoms. The van der Waals surface area contributed by atoms with E-state index in [4.69, 9.17) is 0 Å². The van der Waals surface area contributed by atoms with Gasteiger partial charge in [0.25, 0.3) is 0 Å². The first kappa shape index (κ1) is 9.33. The number of nitrogens with zero attached hydrogens (tertiary/aromatic N) is 4. The quantitative estimate of drug-likeness (QED) is 0.784. The number of fused-ring (bicyclic) bond motifs is 1. The molecule has 1 atom stereocenters. The molecule has 3 rings (SSSR count). The molecule has 0 saturated carbocycles. The fraction of sp³-hybridized carbons (Fsp3) is 0.364. The van der Waals surface area contributed by atoms with E-state index >= 15 is 0 Å². The lowest BCUT2D eigenvalue weighted by Gasteiger charge is -2.20. The normalized spacial score (nSPS) is 18.9. The Balaban J connectivity index is 1.99. The van der Waals surface area contributed by atoms with Crippen LogP contribution in [0.4, 0.5) is 5.95 Å². The van der Waals surface area contributed by atoms with Crippen LogP contribution in [0.15, 0.2) is 24.4 Å². The number of hydrogen-bond donors (Lipinski definition) is 1. The molecule has 0 amide bonds. The molecule has 0 radical (unpaired) electrons. The van der Waals surface area contributed by atoms with Crippen molar-refractivity contribution in [2.45, 2.75) is 25.9 Å². The molecule has 0 bridgehead atoms. The van der Waals surface area contributed by atoms with Gasteiger partial charge in [0.2, 0.25) is 11.8 Å². The Morgan fingerprint density at radius 3 is 3.19 bits per heavy atom. The van der Waals surface area contributed by atoms with Crippen molar-refractivity contribution in [2.24, 2.45) is 0 Å². The van der Waals surface area contributed by atoms with Crippen molar-refractivity contribution in [1.82, 2.24) is 19.7 Å². The maximum Gasteiger partial charge on any atom is 0.221 e. The molecule has 1 N–H and O–H groups in total. The lowest BCUT2D eigenvalue weighted by atomic mass is 10.2. The monoisotopic (exact) mass is 215 g/mol. The standard InChI is InChI=1S/C11H13N5/c1-8-5-7-16-11(13-8)14-10(15-16)9-4-2-3-6-12-9/h2-4,6,8H,5,7H2,1H3,(H,13,14,15). The molecule has 1 unspecified atom stereocenters. The van der Waals surface area contributed by atoms with E-state index in [1.807, 2.05) is 22.9 Å². The van der Waals surface area contributed by atoms with Crippen LogP contribution in [-0.2, 0) is 6.54 Å². The Hall–Kier alpha value is -1.91. The van der Waals surface area contributed by atoms with Gasteiger partial charge in [-0.1, -0.05) is 6.07 Å². The van der Waals surface area contributed by atoms with Crippen LogP contribution >= 0.6 is 0 Å². The molecular formula is C11H13N5. The van der Waals surface area contributed by atoms with Crippen LogP contribution < -0.4 is 5.32 Å². The van der Waals surface area contributed by atoms with Gasteiger partial charge in [0.15, 0.2) is 0 Å². The first-order valence-corrected chi connectivity index (χ1v) is 5.46. The smallest absolute Gasteiger partial charge is 0.221 e. The molecular weight excluding hydrogens is 202 g/mol. The average molecular weight is 215 g/mol. The van der Waals surface area contributed by atoms with Gasteiger partial charge < -0.3 is 5.32 Å². The van der Waals surface area contributed by atoms with E-state index in [-0.39, 0.29) is 0 Å². The van der Waals surface area contributed by atoms with Gasteiger partial charge in [-0.15, -0.1) is 5.10 Å². The van der Waals surface area contributed by atoms with Crippen molar-refractivity contribution in [3.05, 3.63) is 24.4 Å². The van der Waals surface area contributed by atoms with E-state index in [1.54, 1.807) is 6.20 Å². The molecule has 82 valence electrons. The first-order chi connectivity index (χ1) is 7.83. The maximum absolute atomic E-state index is 4.45. The largest absolute Gasteiger partial charge is 0.352 e. The average Bonchev–Trinajstić information content (AvgIpc) is 2.73. The fourth-order valence-corrected chi connectivity index (χ4v) is 1.82. The third kappa shape index (κ3) is 1.54. The van der Waals surface area contributed by atoms with E-state index in [9.17, 15) is 0 Å². The number of aromatic nitrogens is 4. The van der Waals surface area contributed by atoms with Crippen molar-refractivity contribution in [3.8, 4) is 11.5 Å². The molecule has 0 aromatic carbocycles.